The van der Waals surface area contributed by atoms with E-state index in [4.69, 9.17) is 10.5 Å². The number of aromatic nitrogens is 1. The van der Waals surface area contributed by atoms with Gasteiger partial charge in [0.05, 0.1) is 12.8 Å². The summed E-state index contributed by atoms with van der Waals surface area (Å²) in [5, 5.41) is 0. The number of ether oxygens (including phenoxy) is 1. The standard InChI is InChI=1S/C10H16FN3O3S/c1-17-5-4-14(3-2-12)18(15,16)10-6-9(11)7-13-8-10/h6-8H,2-5,12H2,1H3. The highest BCUT2D eigenvalue weighted by molar-refractivity contribution is 7.89. The molecule has 0 aliphatic carbocycles. The molecule has 0 unspecified atom stereocenters. The smallest absolute Gasteiger partial charge is 0.244 e. The molecule has 0 amide bonds. The van der Waals surface area contributed by atoms with Crippen molar-refractivity contribution in [3.63, 3.8) is 0 Å². The lowest BCUT2D eigenvalue weighted by Gasteiger charge is -2.20. The quantitative estimate of drug-likeness (QED) is 0.747. The molecule has 1 aromatic rings. The van der Waals surface area contributed by atoms with E-state index >= 15 is 0 Å². The molecule has 0 aromatic carbocycles. The Labute approximate surface area is 106 Å². The second-order valence-corrected chi connectivity index (χ2v) is 5.46. The van der Waals surface area contributed by atoms with E-state index in [1.54, 1.807) is 0 Å². The molecule has 0 atom stereocenters. The average molecular weight is 277 g/mol. The monoisotopic (exact) mass is 277 g/mol. The second kappa shape index (κ2) is 6.74. The number of nitrogens with two attached hydrogens (primary N) is 1. The summed E-state index contributed by atoms with van der Waals surface area (Å²) in [7, 11) is -2.32. The third-order valence-electron chi connectivity index (χ3n) is 2.24. The lowest BCUT2D eigenvalue weighted by Crippen LogP contribution is -2.37. The van der Waals surface area contributed by atoms with Crippen molar-refractivity contribution in [3.05, 3.63) is 24.3 Å². The lowest BCUT2D eigenvalue weighted by atomic mass is 10.5. The second-order valence-electron chi connectivity index (χ2n) is 3.52. The molecule has 18 heavy (non-hydrogen) atoms. The zero-order valence-electron chi connectivity index (χ0n) is 10.0. The minimum Gasteiger partial charge on any atom is -0.383 e. The first-order valence-electron chi connectivity index (χ1n) is 5.32. The van der Waals surface area contributed by atoms with Gasteiger partial charge in [0.25, 0.3) is 0 Å². The molecule has 1 heterocycles. The van der Waals surface area contributed by atoms with Gasteiger partial charge in [-0.05, 0) is 6.07 Å². The molecule has 0 aliphatic heterocycles. The Kier molecular flexibility index (Phi) is 5.60. The Morgan fingerprint density at radius 3 is 2.72 bits per heavy atom. The molecule has 1 aromatic heterocycles. The molecule has 0 saturated heterocycles. The van der Waals surface area contributed by atoms with Gasteiger partial charge in [0.15, 0.2) is 0 Å². The maximum absolute atomic E-state index is 13.0. The molecule has 0 fully saturated rings. The van der Waals surface area contributed by atoms with Crippen molar-refractivity contribution in [1.82, 2.24) is 9.29 Å². The number of pyridine rings is 1. The fourth-order valence-corrected chi connectivity index (χ4v) is 2.79. The van der Waals surface area contributed by atoms with Crippen molar-refractivity contribution >= 4 is 10.0 Å². The van der Waals surface area contributed by atoms with Crippen molar-refractivity contribution in [1.29, 1.82) is 0 Å². The molecule has 0 radical (unpaired) electrons. The van der Waals surface area contributed by atoms with Crippen LogP contribution in [0.15, 0.2) is 23.4 Å². The predicted octanol–water partition coefficient (Wildman–Crippen LogP) is -0.183. The molecule has 0 bridgehead atoms. The van der Waals surface area contributed by atoms with E-state index in [9.17, 15) is 12.8 Å². The van der Waals surface area contributed by atoms with Gasteiger partial charge in [0.1, 0.15) is 10.7 Å². The van der Waals surface area contributed by atoms with E-state index < -0.39 is 15.8 Å². The van der Waals surface area contributed by atoms with Crippen molar-refractivity contribution in [2.75, 3.05) is 33.4 Å². The Balaban J connectivity index is 3.00. The summed E-state index contributed by atoms with van der Waals surface area (Å²) >= 11 is 0. The Morgan fingerprint density at radius 2 is 2.17 bits per heavy atom. The summed E-state index contributed by atoms with van der Waals surface area (Å²) in [5.41, 5.74) is 5.37. The van der Waals surface area contributed by atoms with Crippen LogP contribution in [-0.2, 0) is 14.8 Å². The summed E-state index contributed by atoms with van der Waals surface area (Å²) in [6.07, 6.45) is 2.05. The fraction of sp³-hybridized carbons (Fsp3) is 0.500. The summed E-state index contributed by atoms with van der Waals surface area (Å²) in [4.78, 5) is 3.34. The topological polar surface area (TPSA) is 85.5 Å². The van der Waals surface area contributed by atoms with Crippen LogP contribution < -0.4 is 5.73 Å². The largest absolute Gasteiger partial charge is 0.383 e. The van der Waals surface area contributed by atoms with Crippen molar-refractivity contribution in [2.45, 2.75) is 4.90 Å². The van der Waals surface area contributed by atoms with Crippen LogP contribution >= 0.6 is 0 Å². The highest BCUT2D eigenvalue weighted by atomic mass is 32.2. The Hall–Kier alpha value is -1.09. The molecular formula is C10H16FN3O3S. The van der Waals surface area contributed by atoms with Gasteiger partial charge >= 0.3 is 0 Å². The van der Waals surface area contributed by atoms with Crippen LogP contribution in [0.1, 0.15) is 0 Å². The highest BCUT2D eigenvalue weighted by Crippen LogP contribution is 2.14. The van der Waals surface area contributed by atoms with E-state index in [1.807, 2.05) is 0 Å². The molecular weight excluding hydrogens is 261 g/mol. The zero-order chi connectivity index (χ0) is 13.6. The van der Waals surface area contributed by atoms with E-state index in [2.05, 4.69) is 4.98 Å². The van der Waals surface area contributed by atoms with Crippen LogP contribution in [0, 0.1) is 5.82 Å². The van der Waals surface area contributed by atoms with Crippen LogP contribution in [-0.4, -0.2) is 51.1 Å². The van der Waals surface area contributed by atoms with Gasteiger partial charge in [0, 0.05) is 32.9 Å². The summed E-state index contributed by atoms with van der Waals surface area (Å²) in [6, 6.07) is 0.929. The van der Waals surface area contributed by atoms with Crippen molar-refractivity contribution < 1.29 is 17.5 Å². The number of hydrogen-bond acceptors (Lipinski definition) is 5. The Bertz CT molecular complexity index is 481. The van der Waals surface area contributed by atoms with Crippen LogP contribution in [0.5, 0.6) is 0 Å². The maximum atomic E-state index is 13.0. The van der Waals surface area contributed by atoms with E-state index in [0.29, 0.717) is 0 Å². The molecule has 8 heteroatoms. The fourth-order valence-electron chi connectivity index (χ4n) is 1.37. The molecule has 6 nitrogen and oxygen atoms in total. The van der Waals surface area contributed by atoms with Gasteiger partial charge in [-0.2, -0.15) is 4.31 Å². The van der Waals surface area contributed by atoms with Gasteiger partial charge in [-0.3, -0.25) is 4.98 Å². The van der Waals surface area contributed by atoms with Crippen LogP contribution in [0.25, 0.3) is 0 Å². The number of sulfonamides is 1. The maximum Gasteiger partial charge on any atom is 0.244 e. The molecule has 102 valence electrons. The molecule has 0 aliphatic rings. The number of methoxy groups -OCH3 is 1. The third kappa shape index (κ3) is 3.70. The van der Waals surface area contributed by atoms with Gasteiger partial charge in [-0.15, -0.1) is 0 Å². The first kappa shape index (κ1) is 15.0. The normalized spacial score (nSPS) is 12.0. The van der Waals surface area contributed by atoms with Gasteiger partial charge in [0.2, 0.25) is 10.0 Å². The molecule has 2 N–H and O–H groups in total. The van der Waals surface area contributed by atoms with Crippen LogP contribution in [0.2, 0.25) is 0 Å². The average Bonchev–Trinajstić information content (AvgIpc) is 2.34. The van der Waals surface area contributed by atoms with Crippen molar-refractivity contribution in [3.8, 4) is 0 Å². The Morgan fingerprint density at radius 1 is 1.44 bits per heavy atom. The summed E-state index contributed by atoms with van der Waals surface area (Å²) < 4.78 is 43.4. The molecule has 1 rings (SSSR count). The summed E-state index contributed by atoms with van der Waals surface area (Å²) in [5.74, 6) is -0.699. The zero-order valence-corrected chi connectivity index (χ0v) is 10.9. The minimum absolute atomic E-state index is 0.141. The van der Waals surface area contributed by atoms with Gasteiger partial charge < -0.3 is 10.5 Å². The lowest BCUT2D eigenvalue weighted by molar-refractivity contribution is 0.179. The van der Waals surface area contributed by atoms with Gasteiger partial charge in [-0.1, -0.05) is 0 Å². The molecule has 0 saturated carbocycles. The van der Waals surface area contributed by atoms with E-state index in [1.165, 1.54) is 7.11 Å². The number of halogens is 1. The van der Waals surface area contributed by atoms with Crippen LogP contribution in [0.4, 0.5) is 4.39 Å². The van der Waals surface area contributed by atoms with Crippen molar-refractivity contribution in [2.24, 2.45) is 5.73 Å². The first-order valence-corrected chi connectivity index (χ1v) is 6.76. The number of hydrogen-bond donors (Lipinski definition) is 1. The minimum atomic E-state index is -3.79. The predicted molar refractivity (Wildman–Crippen MR) is 63.9 cm³/mol. The summed E-state index contributed by atoms with van der Waals surface area (Å²) in [6.45, 7) is 0.711. The third-order valence-corrected chi connectivity index (χ3v) is 4.10. The molecule has 0 spiro atoms. The first-order chi connectivity index (χ1) is 8.52. The SMILES string of the molecule is COCCN(CCN)S(=O)(=O)c1cncc(F)c1. The number of rotatable bonds is 7. The van der Waals surface area contributed by atoms with Crippen LogP contribution in [0.3, 0.4) is 0 Å². The van der Waals surface area contributed by atoms with Gasteiger partial charge in [-0.25, -0.2) is 12.8 Å². The number of nitrogens with zero attached hydrogens (tertiary/aromatic N) is 2. The highest BCUT2D eigenvalue weighted by Gasteiger charge is 2.24. The van der Waals surface area contributed by atoms with E-state index in [-0.39, 0.29) is 31.1 Å². The van der Waals surface area contributed by atoms with E-state index in [0.717, 1.165) is 22.8 Å².